The van der Waals surface area contributed by atoms with Crippen LogP contribution < -0.4 is 10.5 Å². The van der Waals surface area contributed by atoms with E-state index < -0.39 is 10.0 Å². The minimum Gasteiger partial charge on any atom is -0.326 e. The summed E-state index contributed by atoms with van der Waals surface area (Å²) >= 11 is 3.28. The molecule has 1 aliphatic rings. The van der Waals surface area contributed by atoms with Crippen LogP contribution in [0.2, 0.25) is 0 Å². The zero-order valence-electron chi connectivity index (χ0n) is 11.1. The molecular weight excluding hydrogens is 328 g/mol. The summed E-state index contributed by atoms with van der Waals surface area (Å²) in [4.78, 5) is 0.258. The molecule has 1 aromatic rings. The first-order chi connectivity index (χ1) is 8.76. The van der Waals surface area contributed by atoms with Crippen molar-refractivity contribution in [2.24, 2.45) is 17.1 Å². The second-order valence-electron chi connectivity index (χ2n) is 5.71. The third-order valence-corrected chi connectivity index (χ3v) is 6.18. The second-order valence-corrected chi connectivity index (χ2v) is 8.30. The lowest BCUT2D eigenvalue weighted by Crippen LogP contribution is -2.27. The molecule has 19 heavy (non-hydrogen) atoms. The smallest absolute Gasteiger partial charge is 0.241 e. The van der Waals surface area contributed by atoms with Gasteiger partial charge in [-0.3, -0.25) is 0 Å². The highest BCUT2D eigenvalue weighted by Crippen LogP contribution is 2.51. The van der Waals surface area contributed by atoms with Gasteiger partial charge in [0.15, 0.2) is 0 Å². The van der Waals surface area contributed by atoms with Crippen LogP contribution in [0.15, 0.2) is 27.6 Å². The molecule has 1 unspecified atom stereocenters. The quantitative estimate of drug-likeness (QED) is 0.858. The Labute approximate surface area is 122 Å². The molecule has 1 saturated carbocycles. The molecule has 0 saturated heterocycles. The Morgan fingerprint density at radius 1 is 1.47 bits per heavy atom. The first-order valence-corrected chi connectivity index (χ1v) is 8.52. The Morgan fingerprint density at radius 2 is 2.11 bits per heavy atom. The average molecular weight is 347 g/mol. The van der Waals surface area contributed by atoms with Gasteiger partial charge in [0, 0.05) is 17.6 Å². The van der Waals surface area contributed by atoms with Crippen LogP contribution in [0.1, 0.15) is 25.8 Å². The summed E-state index contributed by atoms with van der Waals surface area (Å²) in [6.07, 6.45) is 1.07. The largest absolute Gasteiger partial charge is 0.326 e. The Bertz CT molecular complexity index is 584. The summed E-state index contributed by atoms with van der Waals surface area (Å²) in [7, 11) is -3.48. The van der Waals surface area contributed by atoms with Crippen LogP contribution in [0.25, 0.3) is 0 Å². The summed E-state index contributed by atoms with van der Waals surface area (Å²) in [5, 5.41) is 0. The highest BCUT2D eigenvalue weighted by Gasteiger charge is 2.45. The fourth-order valence-corrected chi connectivity index (χ4v) is 4.19. The Morgan fingerprint density at radius 3 is 2.63 bits per heavy atom. The van der Waals surface area contributed by atoms with Crippen molar-refractivity contribution in [2.45, 2.75) is 31.7 Å². The van der Waals surface area contributed by atoms with E-state index in [4.69, 9.17) is 5.73 Å². The van der Waals surface area contributed by atoms with E-state index in [1.807, 2.05) is 6.07 Å². The van der Waals surface area contributed by atoms with E-state index in [0.717, 1.165) is 12.0 Å². The fraction of sp³-hybridized carbons (Fsp3) is 0.538. The van der Waals surface area contributed by atoms with Crippen molar-refractivity contribution in [3.8, 4) is 0 Å². The van der Waals surface area contributed by atoms with Crippen molar-refractivity contribution in [1.29, 1.82) is 0 Å². The number of nitrogens with two attached hydrogens (primary N) is 1. The first-order valence-electron chi connectivity index (χ1n) is 6.24. The second kappa shape index (κ2) is 5.16. The van der Waals surface area contributed by atoms with E-state index >= 15 is 0 Å². The van der Waals surface area contributed by atoms with Gasteiger partial charge in [0.25, 0.3) is 0 Å². The molecule has 1 fully saturated rings. The normalized spacial score (nSPS) is 21.4. The third-order valence-electron chi connectivity index (χ3n) is 3.76. The Balaban J connectivity index is 2.15. The van der Waals surface area contributed by atoms with Crippen LogP contribution in [0.4, 0.5) is 0 Å². The maximum absolute atomic E-state index is 12.3. The minimum absolute atomic E-state index is 0.258. The highest BCUT2D eigenvalue weighted by molar-refractivity contribution is 9.10. The lowest BCUT2D eigenvalue weighted by Gasteiger charge is -2.10. The SMILES string of the molecule is CC1(C)CC1CNS(=O)(=O)c1cc(CN)ccc1Br. The van der Waals surface area contributed by atoms with E-state index in [1.165, 1.54) is 0 Å². The molecular formula is C13H19BrN2O2S. The van der Waals surface area contributed by atoms with Gasteiger partial charge in [-0.1, -0.05) is 19.9 Å². The van der Waals surface area contributed by atoms with Gasteiger partial charge in [-0.05, 0) is 51.4 Å². The molecule has 1 aromatic carbocycles. The zero-order valence-corrected chi connectivity index (χ0v) is 13.5. The molecule has 0 heterocycles. The van der Waals surface area contributed by atoms with Gasteiger partial charge in [-0.15, -0.1) is 0 Å². The molecule has 1 atom stereocenters. The van der Waals surface area contributed by atoms with Gasteiger partial charge in [-0.2, -0.15) is 0 Å². The number of hydrogen-bond acceptors (Lipinski definition) is 3. The molecule has 0 amide bonds. The number of hydrogen-bond donors (Lipinski definition) is 2. The summed E-state index contributed by atoms with van der Waals surface area (Å²) in [6.45, 7) is 5.12. The monoisotopic (exact) mass is 346 g/mol. The van der Waals surface area contributed by atoms with Gasteiger partial charge in [0.1, 0.15) is 0 Å². The van der Waals surface area contributed by atoms with E-state index in [-0.39, 0.29) is 10.3 Å². The Hall–Kier alpha value is -0.430. The molecule has 0 spiro atoms. The van der Waals surface area contributed by atoms with Gasteiger partial charge >= 0.3 is 0 Å². The topological polar surface area (TPSA) is 72.2 Å². The lowest BCUT2D eigenvalue weighted by molar-refractivity contribution is 0.537. The molecule has 2 rings (SSSR count). The van der Waals surface area contributed by atoms with Crippen molar-refractivity contribution >= 4 is 26.0 Å². The average Bonchev–Trinajstić information content (AvgIpc) is 2.95. The number of rotatable bonds is 5. The number of benzene rings is 1. The summed E-state index contributed by atoms with van der Waals surface area (Å²) in [5.74, 6) is 0.429. The molecule has 1 aliphatic carbocycles. The predicted octanol–water partition coefficient (Wildman–Crippen LogP) is 2.23. The van der Waals surface area contributed by atoms with Crippen molar-refractivity contribution in [2.75, 3.05) is 6.54 Å². The molecule has 4 nitrogen and oxygen atoms in total. The van der Waals surface area contributed by atoms with Crippen molar-refractivity contribution < 1.29 is 8.42 Å². The van der Waals surface area contributed by atoms with Gasteiger partial charge in [-0.25, -0.2) is 13.1 Å². The molecule has 106 valence electrons. The van der Waals surface area contributed by atoms with Gasteiger partial charge in [0.05, 0.1) is 4.90 Å². The van der Waals surface area contributed by atoms with Crippen molar-refractivity contribution in [3.05, 3.63) is 28.2 Å². The third kappa shape index (κ3) is 3.37. The molecule has 0 bridgehead atoms. The van der Waals surface area contributed by atoms with Crippen LogP contribution in [0.5, 0.6) is 0 Å². The van der Waals surface area contributed by atoms with E-state index in [2.05, 4.69) is 34.5 Å². The van der Waals surface area contributed by atoms with Crippen LogP contribution in [0.3, 0.4) is 0 Å². The van der Waals surface area contributed by atoms with Crippen LogP contribution in [-0.4, -0.2) is 15.0 Å². The molecule has 0 radical (unpaired) electrons. The van der Waals surface area contributed by atoms with E-state index in [0.29, 0.717) is 23.5 Å². The van der Waals surface area contributed by atoms with Crippen LogP contribution >= 0.6 is 15.9 Å². The Kier molecular flexibility index (Phi) is 4.07. The molecule has 0 aromatic heterocycles. The first kappa shape index (κ1) is 15.0. The lowest BCUT2D eigenvalue weighted by atomic mass is 10.1. The molecule has 3 N–H and O–H groups in total. The van der Waals surface area contributed by atoms with Crippen LogP contribution in [-0.2, 0) is 16.6 Å². The van der Waals surface area contributed by atoms with Gasteiger partial charge in [0.2, 0.25) is 10.0 Å². The minimum atomic E-state index is -3.48. The zero-order chi connectivity index (χ0) is 14.3. The standard InChI is InChI=1S/C13H19BrN2O2S/c1-13(2)6-10(13)8-16-19(17,18)12-5-9(7-15)3-4-11(12)14/h3-5,10,16H,6-8,15H2,1-2H3. The van der Waals surface area contributed by atoms with Gasteiger partial charge < -0.3 is 5.73 Å². The number of nitrogens with one attached hydrogen (secondary N) is 1. The maximum atomic E-state index is 12.3. The number of sulfonamides is 1. The summed E-state index contributed by atoms with van der Waals surface area (Å²) in [5.41, 5.74) is 6.61. The predicted molar refractivity (Wildman–Crippen MR) is 79.1 cm³/mol. The number of halogens is 1. The summed E-state index contributed by atoms with van der Waals surface area (Å²) in [6, 6.07) is 5.15. The highest BCUT2D eigenvalue weighted by atomic mass is 79.9. The van der Waals surface area contributed by atoms with Crippen molar-refractivity contribution in [3.63, 3.8) is 0 Å². The van der Waals surface area contributed by atoms with E-state index in [9.17, 15) is 8.42 Å². The van der Waals surface area contributed by atoms with E-state index in [1.54, 1.807) is 12.1 Å². The molecule has 0 aliphatic heterocycles. The fourth-order valence-electron chi connectivity index (χ4n) is 2.09. The van der Waals surface area contributed by atoms with Crippen LogP contribution in [0, 0.1) is 11.3 Å². The molecule has 6 heteroatoms. The maximum Gasteiger partial charge on any atom is 0.241 e. The summed E-state index contributed by atoms with van der Waals surface area (Å²) < 4.78 is 27.8. The van der Waals surface area contributed by atoms with Crippen molar-refractivity contribution in [1.82, 2.24) is 4.72 Å².